The summed E-state index contributed by atoms with van der Waals surface area (Å²) in [4.78, 5) is 31.8. The summed E-state index contributed by atoms with van der Waals surface area (Å²) in [6.07, 6.45) is -0.145. The third-order valence-electron chi connectivity index (χ3n) is 7.37. The number of nitrogens with zero attached hydrogens (tertiary/aromatic N) is 3. The molecule has 47 heavy (non-hydrogen) atoms. The number of amides is 2. The van der Waals surface area contributed by atoms with Crippen LogP contribution in [0.1, 0.15) is 22.5 Å². The van der Waals surface area contributed by atoms with Gasteiger partial charge in [0, 0.05) is 65.5 Å². The Balaban J connectivity index is 1.51. The van der Waals surface area contributed by atoms with Gasteiger partial charge in [0.25, 0.3) is 5.91 Å². The number of likely N-dealkylation sites (N-methyl/N-ethyl adjacent to an activating group) is 1. The lowest BCUT2D eigenvalue weighted by molar-refractivity contribution is -0.116. The molecule has 2 amide bonds. The highest BCUT2D eigenvalue weighted by molar-refractivity contribution is 14.1. The zero-order valence-corrected chi connectivity index (χ0v) is 29.6. The first kappa shape index (κ1) is 35.9. The molecular formula is C33H38IN5O7S. The highest BCUT2D eigenvalue weighted by Gasteiger charge is 2.25. The number of ether oxygens (including phenoxy) is 2. The van der Waals surface area contributed by atoms with E-state index in [-0.39, 0.29) is 55.8 Å². The van der Waals surface area contributed by atoms with E-state index in [4.69, 9.17) is 14.6 Å². The molecule has 0 spiro atoms. The van der Waals surface area contributed by atoms with Gasteiger partial charge in [0.2, 0.25) is 15.9 Å². The van der Waals surface area contributed by atoms with Crippen LogP contribution in [0.4, 0.5) is 11.4 Å². The van der Waals surface area contributed by atoms with E-state index in [1.165, 1.54) is 41.6 Å². The number of rotatable bonds is 15. The molecule has 3 N–H and O–H groups in total. The molecule has 0 saturated carbocycles. The van der Waals surface area contributed by atoms with Crippen LogP contribution in [-0.4, -0.2) is 93.6 Å². The van der Waals surface area contributed by atoms with Crippen molar-refractivity contribution >= 4 is 66.7 Å². The normalized spacial score (nSPS) is 11.4. The van der Waals surface area contributed by atoms with Crippen LogP contribution in [0.5, 0.6) is 11.5 Å². The summed E-state index contributed by atoms with van der Waals surface area (Å²) in [6.45, 7) is 2.15. The number of carbonyl (C=O) groups excluding carboxylic acids is 2. The number of aryl methyl sites for hydroxylation is 1. The topological polar surface area (TPSA) is 150 Å². The fourth-order valence-corrected chi connectivity index (χ4v) is 6.81. The van der Waals surface area contributed by atoms with Gasteiger partial charge in [0.05, 0.1) is 36.9 Å². The molecule has 4 rings (SSSR count). The van der Waals surface area contributed by atoms with Gasteiger partial charge < -0.3 is 30.1 Å². The van der Waals surface area contributed by atoms with Crippen molar-refractivity contribution in [1.82, 2.24) is 14.2 Å². The Morgan fingerprint density at radius 2 is 1.68 bits per heavy atom. The van der Waals surface area contributed by atoms with Crippen LogP contribution in [0.25, 0.3) is 10.9 Å². The lowest BCUT2D eigenvalue weighted by atomic mass is 10.1. The summed E-state index contributed by atoms with van der Waals surface area (Å²) in [5.41, 5.74) is 3.15. The Bertz CT molecular complexity index is 1840. The number of hydrogen-bond donors (Lipinski definition) is 3. The third kappa shape index (κ3) is 9.09. The van der Waals surface area contributed by atoms with Crippen LogP contribution in [0.2, 0.25) is 0 Å². The smallest absolute Gasteiger partial charge is 0.253 e. The van der Waals surface area contributed by atoms with Gasteiger partial charge in [-0.15, -0.1) is 0 Å². The van der Waals surface area contributed by atoms with Gasteiger partial charge in [0.15, 0.2) is 0 Å². The second-order valence-electron chi connectivity index (χ2n) is 10.6. The van der Waals surface area contributed by atoms with E-state index in [2.05, 4.69) is 38.2 Å². The number of aliphatic hydroxyl groups excluding tert-OH is 1. The molecule has 14 heteroatoms. The molecule has 1 aromatic heterocycles. The summed E-state index contributed by atoms with van der Waals surface area (Å²) in [7, 11) is 0.504. The molecule has 0 aliphatic heterocycles. The number of nitrogens with one attached hydrogen (secondary N) is 2. The first-order chi connectivity index (χ1) is 22.5. The highest BCUT2D eigenvalue weighted by Crippen LogP contribution is 2.28. The summed E-state index contributed by atoms with van der Waals surface area (Å²) >= 11 is 2.24. The van der Waals surface area contributed by atoms with Crippen LogP contribution in [0.3, 0.4) is 0 Å². The number of methoxy groups -OCH3 is 2. The van der Waals surface area contributed by atoms with E-state index in [1.807, 2.05) is 31.2 Å². The van der Waals surface area contributed by atoms with E-state index in [9.17, 15) is 18.0 Å². The Morgan fingerprint density at radius 1 is 0.936 bits per heavy atom. The van der Waals surface area contributed by atoms with Crippen molar-refractivity contribution in [3.05, 3.63) is 81.6 Å². The minimum absolute atomic E-state index is 0.0755. The van der Waals surface area contributed by atoms with Crippen molar-refractivity contribution in [1.29, 1.82) is 0 Å². The van der Waals surface area contributed by atoms with Gasteiger partial charge in [-0.3, -0.25) is 14.6 Å². The van der Waals surface area contributed by atoms with Crippen LogP contribution in [0.15, 0.2) is 71.6 Å². The summed E-state index contributed by atoms with van der Waals surface area (Å²) in [5.74, 6) is 0.0386. The van der Waals surface area contributed by atoms with Crippen molar-refractivity contribution in [2.75, 3.05) is 64.7 Å². The maximum Gasteiger partial charge on any atom is 0.253 e. The molecule has 0 aliphatic carbocycles. The lowest BCUT2D eigenvalue weighted by Crippen LogP contribution is -2.37. The minimum atomic E-state index is -3.99. The Kier molecular flexibility index (Phi) is 12.4. The number of pyridine rings is 1. The molecule has 0 unspecified atom stereocenters. The number of hydrogen-bond acceptors (Lipinski definition) is 9. The first-order valence-corrected chi connectivity index (χ1v) is 17.3. The second-order valence-corrected chi connectivity index (χ2v) is 13.8. The van der Waals surface area contributed by atoms with Gasteiger partial charge in [-0.25, -0.2) is 8.42 Å². The molecule has 3 aromatic carbocycles. The quantitative estimate of drug-likeness (QED) is 0.150. The monoisotopic (exact) mass is 775 g/mol. The van der Waals surface area contributed by atoms with Crippen molar-refractivity contribution in [3.63, 3.8) is 0 Å². The first-order valence-electron chi connectivity index (χ1n) is 14.8. The van der Waals surface area contributed by atoms with E-state index in [0.29, 0.717) is 17.0 Å². The van der Waals surface area contributed by atoms with E-state index in [1.54, 1.807) is 31.3 Å². The molecule has 0 radical (unpaired) electrons. The van der Waals surface area contributed by atoms with E-state index < -0.39 is 15.9 Å². The van der Waals surface area contributed by atoms with Crippen LogP contribution in [-0.2, 0) is 14.8 Å². The van der Waals surface area contributed by atoms with Crippen LogP contribution in [0, 0.1) is 10.5 Å². The average Bonchev–Trinajstić information content (AvgIpc) is 3.06. The van der Waals surface area contributed by atoms with Gasteiger partial charge in [-0.05, 0) is 96.2 Å². The van der Waals surface area contributed by atoms with Crippen molar-refractivity contribution in [2.24, 2.45) is 0 Å². The number of benzene rings is 3. The fourth-order valence-electron chi connectivity index (χ4n) is 4.88. The zero-order chi connectivity index (χ0) is 34.1. The number of aromatic nitrogens is 1. The molecule has 0 fully saturated rings. The number of carbonyl (C=O) groups is 2. The highest BCUT2D eigenvalue weighted by atomic mass is 127. The second kappa shape index (κ2) is 16.2. The summed E-state index contributed by atoms with van der Waals surface area (Å²) in [5, 5.41) is 16.2. The van der Waals surface area contributed by atoms with Crippen molar-refractivity contribution in [3.8, 4) is 11.5 Å². The predicted octanol–water partition coefficient (Wildman–Crippen LogP) is 4.36. The van der Waals surface area contributed by atoms with Crippen molar-refractivity contribution in [2.45, 2.75) is 18.2 Å². The number of aliphatic hydroxyl groups is 1. The van der Waals surface area contributed by atoms with Gasteiger partial charge in [-0.1, -0.05) is 0 Å². The average molecular weight is 776 g/mol. The third-order valence-corrected chi connectivity index (χ3v) is 9.95. The Hall–Kier alpha value is -3.99. The van der Waals surface area contributed by atoms with Crippen LogP contribution >= 0.6 is 22.6 Å². The van der Waals surface area contributed by atoms with Crippen LogP contribution < -0.4 is 20.1 Å². The van der Waals surface area contributed by atoms with E-state index >= 15 is 0 Å². The van der Waals surface area contributed by atoms with Crippen molar-refractivity contribution < 1.29 is 32.6 Å². The fraction of sp³-hybridized carbons (Fsp3) is 0.303. The lowest BCUT2D eigenvalue weighted by Gasteiger charge is -2.23. The minimum Gasteiger partial charge on any atom is -0.497 e. The van der Waals surface area contributed by atoms with Gasteiger partial charge >= 0.3 is 0 Å². The molecule has 1 heterocycles. The summed E-state index contributed by atoms with van der Waals surface area (Å²) < 4.78 is 40.5. The molecular weight excluding hydrogens is 737 g/mol. The van der Waals surface area contributed by atoms with Gasteiger partial charge in [0.1, 0.15) is 11.5 Å². The maximum absolute atomic E-state index is 13.8. The largest absolute Gasteiger partial charge is 0.497 e. The number of fused-ring (bicyclic) bond motifs is 1. The standard InChI is InChI=1S/C33H38IN5O7S/c1-22-19-30(27-21-24(34)6-12-28(27)36-22)35-14-16-39(47(43,44)26-9-7-25(45-3)8-10-26)15-13-32(41)37-29-11-5-23(20-31(29)46-4)33(42)38(2)17-18-40/h5-12,19-21,40H,13-18H2,1-4H3,(H,35,36)(H,37,41). The molecule has 0 saturated heterocycles. The maximum atomic E-state index is 13.8. The Labute approximate surface area is 288 Å². The molecule has 250 valence electrons. The molecule has 0 aliphatic rings. The molecule has 4 aromatic rings. The summed E-state index contributed by atoms with van der Waals surface area (Å²) in [6, 6.07) is 18.6. The SMILES string of the molecule is COc1ccc(S(=O)(=O)N(CCNc2cc(C)nc3ccc(I)cc23)CCC(=O)Nc2ccc(C(=O)N(C)CCO)cc2OC)cc1. The molecule has 12 nitrogen and oxygen atoms in total. The number of halogens is 1. The zero-order valence-electron chi connectivity index (χ0n) is 26.6. The molecule has 0 bridgehead atoms. The predicted molar refractivity (Wildman–Crippen MR) is 190 cm³/mol. The number of sulfonamides is 1. The van der Waals surface area contributed by atoms with E-state index in [0.717, 1.165) is 25.9 Å². The Morgan fingerprint density at radius 3 is 2.36 bits per heavy atom. The molecule has 0 atom stereocenters. The number of anilines is 2. The van der Waals surface area contributed by atoms with Gasteiger partial charge in [-0.2, -0.15) is 4.31 Å².